The van der Waals surface area contributed by atoms with Crippen LogP contribution in [0.25, 0.3) is 0 Å². The third-order valence-electron chi connectivity index (χ3n) is 5.25. The fraction of sp³-hybridized carbons (Fsp3) is 0.450. The number of ether oxygens (including phenoxy) is 1. The van der Waals surface area contributed by atoms with Crippen molar-refractivity contribution < 1.29 is 19.1 Å². The first-order chi connectivity index (χ1) is 12.2. The minimum atomic E-state index is 0.0114. The highest BCUT2D eigenvalue weighted by Crippen LogP contribution is 2.48. The number of hydrogen-bond donors (Lipinski definition) is 1. The second-order valence-electron chi connectivity index (χ2n) is 7.34. The van der Waals surface area contributed by atoms with E-state index in [1.54, 1.807) is 23.1 Å². The molecule has 0 radical (unpaired) electrons. The van der Waals surface area contributed by atoms with Crippen molar-refractivity contribution in [3.8, 4) is 11.5 Å². The van der Waals surface area contributed by atoms with Crippen molar-refractivity contribution in [1.29, 1.82) is 0 Å². The molecule has 1 aromatic carbocycles. The average Bonchev–Trinajstić information content (AvgIpc) is 3.51. The molecular weight excluding hydrogens is 318 g/mol. The van der Waals surface area contributed by atoms with Gasteiger partial charge in [-0.2, -0.15) is 0 Å². The molecule has 1 aliphatic heterocycles. The number of hydrogen-bond acceptors (Lipinski definition) is 4. The zero-order valence-corrected chi connectivity index (χ0v) is 14.0. The quantitative estimate of drug-likeness (QED) is 0.924. The molecule has 2 aliphatic carbocycles. The molecule has 1 amide bonds. The molecule has 3 aliphatic rings. The number of nitrogens with zero attached hydrogens (tertiary/aromatic N) is 1. The zero-order chi connectivity index (χ0) is 17.0. The van der Waals surface area contributed by atoms with Crippen LogP contribution in [0.2, 0.25) is 0 Å². The molecule has 2 heterocycles. The largest absolute Gasteiger partial charge is 0.508 e. The lowest BCUT2D eigenvalue weighted by atomic mass is 10.1. The maximum atomic E-state index is 13.2. The molecule has 0 spiro atoms. The van der Waals surface area contributed by atoms with Gasteiger partial charge in [0.2, 0.25) is 0 Å². The molecule has 0 bridgehead atoms. The molecular formula is C20H21NO4. The maximum Gasteiger partial charge on any atom is 0.257 e. The van der Waals surface area contributed by atoms with E-state index >= 15 is 0 Å². The van der Waals surface area contributed by atoms with Crippen molar-refractivity contribution in [2.75, 3.05) is 13.2 Å². The second-order valence-corrected chi connectivity index (χ2v) is 7.34. The van der Waals surface area contributed by atoms with Crippen molar-refractivity contribution in [3.63, 3.8) is 0 Å². The summed E-state index contributed by atoms with van der Waals surface area (Å²) in [6.45, 7) is 1.43. The number of rotatable bonds is 3. The summed E-state index contributed by atoms with van der Waals surface area (Å²) >= 11 is 0. The standard InChI is InChI=1S/C20H21NO4/c22-15-5-6-17-14(9-15)11-21(7-8-24-17)20(23)16-10-18(12-1-2-12)25-19(16)13-3-4-13/h5-6,9-10,12-13,22H,1-4,7-8,11H2. The molecule has 5 rings (SSSR count). The summed E-state index contributed by atoms with van der Waals surface area (Å²) in [4.78, 5) is 15.0. The van der Waals surface area contributed by atoms with Crippen LogP contribution in [-0.2, 0) is 6.54 Å². The molecule has 5 heteroatoms. The first-order valence-corrected chi connectivity index (χ1v) is 9.06. The Kier molecular flexibility index (Phi) is 3.30. The van der Waals surface area contributed by atoms with E-state index < -0.39 is 0 Å². The summed E-state index contributed by atoms with van der Waals surface area (Å²) in [6, 6.07) is 7.02. The van der Waals surface area contributed by atoms with Gasteiger partial charge in [0.15, 0.2) is 0 Å². The lowest BCUT2D eigenvalue weighted by molar-refractivity contribution is 0.0730. The molecule has 2 aromatic rings. The number of aromatic hydroxyl groups is 1. The van der Waals surface area contributed by atoms with Gasteiger partial charge < -0.3 is 19.2 Å². The van der Waals surface area contributed by atoms with Crippen LogP contribution in [0.3, 0.4) is 0 Å². The van der Waals surface area contributed by atoms with Crippen molar-refractivity contribution >= 4 is 5.91 Å². The van der Waals surface area contributed by atoms with Crippen LogP contribution in [0, 0.1) is 0 Å². The number of amides is 1. The number of fused-ring (bicyclic) bond motifs is 1. The predicted octanol–water partition coefficient (Wildman–Crippen LogP) is 3.77. The van der Waals surface area contributed by atoms with E-state index in [2.05, 4.69) is 0 Å². The van der Waals surface area contributed by atoms with E-state index in [-0.39, 0.29) is 11.7 Å². The van der Waals surface area contributed by atoms with E-state index in [1.807, 2.05) is 6.07 Å². The molecule has 1 aromatic heterocycles. The SMILES string of the molecule is O=C(c1cc(C2CC2)oc1C1CC1)N1CCOc2ccc(O)cc2C1. The van der Waals surface area contributed by atoms with Crippen LogP contribution in [0.1, 0.15) is 65.0 Å². The van der Waals surface area contributed by atoms with E-state index in [0.29, 0.717) is 31.5 Å². The van der Waals surface area contributed by atoms with Gasteiger partial charge in [0.25, 0.3) is 5.91 Å². The van der Waals surface area contributed by atoms with Crippen LogP contribution in [-0.4, -0.2) is 29.1 Å². The fourth-order valence-corrected chi connectivity index (χ4v) is 3.53. The first-order valence-electron chi connectivity index (χ1n) is 9.06. The Labute approximate surface area is 146 Å². The lowest BCUT2D eigenvalue weighted by Crippen LogP contribution is -2.32. The third kappa shape index (κ3) is 2.77. The van der Waals surface area contributed by atoms with Crippen LogP contribution in [0.4, 0.5) is 0 Å². The molecule has 130 valence electrons. The molecule has 2 fully saturated rings. The summed E-state index contributed by atoms with van der Waals surface area (Å²) in [7, 11) is 0. The van der Waals surface area contributed by atoms with Gasteiger partial charge in [-0.25, -0.2) is 0 Å². The predicted molar refractivity (Wildman–Crippen MR) is 91.0 cm³/mol. The Bertz CT molecular complexity index is 832. The van der Waals surface area contributed by atoms with Gasteiger partial charge in [-0.15, -0.1) is 0 Å². The Morgan fingerprint density at radius 2 is 1.92 bits per heavy atom. The maximum absolute atomic E-state index is 13.2. The monoisotopic (exact) mass is 339 g/mol. The molecule has 2 saturated carbocycles. The second kappa shape index (κ2) is 5.55. The average molecular weight is 339 g/mol. The first kappa shape index (κ1) is 14.9. The fourth-order valence-electron chi connectivity index (χ4n) is 3.53. The number of carbonyl (C=O) groups excluding carboxylic acids is 1. The van der Waals surface area contributed by atoms with Crippen molar-refractivity contribution in [2.45, 2.75) is 44.1 Å². The minimum Gasteiger partial charge on any atom is -0.508 e. The number of carbonyl (C=O) groups is 1. The molecule has 1 N–H and O–H groups in total. The molecule has 0 unspecified atom stereocenters. The highest BCUT2D eigenvalue weighted by molar-refractivity contribution is 5.95. The van der Waals surface area contributed by atoms with E-state index in [1.165, 1.54) is 0 Å². The smallest absolute Gasteiger partial charge is 0.257 e. The molecule has 5 nitrogen and oxygen atoms in total. The van der Waals surface area contributed by atoms with Gasteiger partial charge in [-0.1, -0.05) is 0 Å². The van der Waals surface area contributed by atoms with Crippen LogP contribution in [0.5, 0.6) is 11.5 Å². The molecule has 0 atom stereocenters. The Morgan fingerprint density at radius 1 is 1.12 bits per heavy atom. The summed E-state index contributed by atoms with van der Waals surface area (Å²) in [5, 5.41) is 9.74. The van der Waals surface area contributed by atoms with Crippen LogP contribution >= 0.6 is 0 Å². The van der Waals surface area contributed by atoms with Crippen LogP contribution < -0.4 is 4.74 Å². The van der Waals surface area contributed by atoms with Crippen molar-refractivity contribution in [1.82, 2.24) is 4.90 Å². The van der Waals surface area contributed by atoms with Gasteiger partial charge >= 0.3 is 0 Å². The number of phenols is 1. The van der Waals surface area contributed by atoms with Crippen molar-refractivity contribution in [2.24, 2.45) is 0 Å². The number of benzene rings is 1. The number of furan rings is 1. The van der Waals surface area contributed by atoms with E-state index in [9.17, 15) is 9.90 Å². The summed E-state index contributed by atoms with van der Waals surface area (Å²) < 4.78 is 11.8. The molecule has 25 heavy (non-hydrogen) atoms. The van der Waals surface area contributed by atoms with Crippen molar-refractivity contribution in [3.05, 3.63) is 46.9 Å². The highest BCUT2D eigenvalue weighted by Gasteiger charge is 2.37. The Balaban J connectivity index is 1.45. The Hall–Kier alpha value is -2.43. The van der Waals surface area contributed by atoms with Gasteiger partial charge in [0.1, 0.15) is 29.6 Å². The lowest BCUT2D eigenvalue weighted by Gasteiger charge is -2.19. The Morgan fingerprint density at radius 3 is 2.68 bits per heavy atom. The molecule has 0 saturated heterocycles. The number of phenolic OH excluding ortho intramolecular Hbond substituents is 1. The zero-order valence-electron chi connectivity index (χ0n) is 14.0. The van der Waals surface area contributed by atoms with E-state index in [4.69, 9.17) is 9.15 Å². The summed E-state index contributed by atoms with van der Waals surface area (Å²) in [5.74, 6) is 3.71. The highest BCUT2D eigenvalue weighted by atomic mass is 16.5. The van der Waals surface area contributed by atoms with Gasteiger partial charge in [0.05, 0.1) is 12.1 Å². The van der Waals surface area contributed by atoms with E-state index in [0.717, 1.165) is 54.1 Å². The normalized spacial score (nSPS) is 19.9. The van der Waals surface area contributed by atoms with Gasteiger partial charge in [-0.3, -0.25) is 4.79 Å². The third-order valence-corrected chi connectivity index (χ3v) is 5.25. The minimum absolute atomic E-state index is 0.0114. The topological polar surface area (TPSA) is 62.9 Å². The van der Waals surface area contributed by atoms with Gasteiger partial charge in [0, 0.05) is 23.9 Å². The summed E-state index contributed by atoms with van der Waals surface area (Å²) in [6.07, 6.45) is 4.54. The van der Waals surface area contributed by atoms with Crippen LogP contribution in [0.15, 0.2) is 28.7 Å². The van der Waals surface area contributed by atoms with Gasteiger partial charge in [-0.05, 0) is 49.9 Å². The summed E-state index contributed by atoms with van der Waals surface area (Å²) in [5.41, 5.74) is 1.57.